The summed E-state index contributed by atoms with van der Waals surface area (Å²) in [6.07, 6.45) is 2.06. The molecule has 0 aliphatic carbocycles. The van der Waals surface area contributed by atoms with Crippen LogP contribution in [0.25, 0.3) is 0 Å². The van der Waals surface area contributed by atoms with Crippen LogP contribution >= 0.6 is 0 Å². The minimum atomic E-state index is 0.502. The molecule has 0 heterocycles. The summed E-state index contributed by atoms with van der Waals surface area (Å²) in [6, 6.07) is 8.95. The van der Waals surface area contributed by atoms with E-state index in [0.29, 0.717) is 6.04 Å². The van der Waals surface area contributed by atoms with E-state index in [1.807, 2.05) is 0 Å². The van der Waals surface area contributed by atoms with Gasteiger partial charge in [-0.1, -0.05) is 26.0 Å². The summed E-state index contributed by atoms with van der Waals surface area (Å²) in [6.45, 7) is 8.20. The van der Waals surface area contributed by atoms with Crippen LogP contribution in [0.5, 0.6) is 0 Å². The lowest BCUT2D eigenvalue weighted by Gasteiger charge is -2.16. The van der Waals surface area contributed by atoms with Crippen molar-refractivity contribution in [2.75, 3.05) is 5.32 Å². The quantitative estimate of drug-likeness (QED) is 0.741. The zero-order chi connectivity index (χ0) is 9.68. The lowest BCUT2D eigenvalue weighted by Crippen LogP contribution is -2.16. The Morgan fingerprint density at radius 2 is 2.23 bits per heavy atom. The van der Waals surface area contributed by atoms with Crippen LogP contribution in [0.1, 0.15) is 25.3 Å². The van der Waals surface area contributed by atoms with Gasteiger partial charge in [-0.2, -0.15) is 0 Å². The van der Waals surface area contributed by atoms with E-state index in [0.717, 1.165) is 12.8 Å². The molecule has 0 saturated carbocycles. The Morgan fingerprint density at radius 1 is 1.46 bits per heavy atom. The van der Waals surface area contributed by atoms with Gasteiger partial charge in [0.15, 0.2) is 0 Å². The molecule has 0 amide bonds. The highest BCUT2D eigenvalue weighted by Gasteiger charge is 2.01. The number of anilines is 1. The highest BCUT2D eigenvalue weighted by atomic mass is 14.9. The molecule has 0 bridgehead atoms. The maximum atomic E-state index is 3.91. The van der Waals surface area contributed by atoms with Crippen LogP contribution in [0.15, 0.2) is 24.3 Å². The van der Waals surface area contributed by atoms with Crippen molar-refractivity contribution in [2.45, 2.75) is 32.7 Å². The summed E-state index contributed by atoms with van der Waals surface area (Å²) in [5.41, 5.74) is 2.50. The van der Waals surface area contributed by atoms with Crippen LogP contribution in [-0.2, 0) is 0 Å². The third-order valence-corrected chi connectivity index (χ3v) is 2.23. The molecular weight excluding hydrogens is 158 g/mol. The van der Waals surface area contributed by atoms with E-state index >= 15 is 0 Å². The fourth-order valence-corrected chi connectivity index (χ4v) is 1.35. The van der Waals surface area contributed by atoms with E-state index < -0.39 is 0 Å². The van der Waals surface area contributed by atoms with Crippen molar-refractivity contribution in [2.24, 2.45) is 0 Å². The molecule has 1 atom stereocenters. The van der Waals surface area contributed by atoms with Gasteiger partial charge in [0.2, 0.25) is 0 Å². The fraction of sp³-hybridized carbons (Fsp3) is 0.417. The molecule has 1 nitrogen and oxygen atoms in total. The van der Waals surface area contributed by atoms with Crippen molar-refractivity contribution in [3.8, 4) is 0 Å². The van der Waals surface area contributed by atoms with E-state index in [9.17, 15) is 0 Å². The molecule has 1 aromatic rings. The predicted molar refractivity (Wildman–Crippen MR) is 58.9 cm³/mol. The molecule has 1 unspecified atom stereocenters. The third kappa shape index (κ3) is 3.10. The molecule has 0 spiro atoms. The molecule has 71 valence electrons. The first-order valence-electron chi connectivity index (χ1n) is 4.88. The standard InChI is InChI=1S/C12H18N/c1-4-11(5-2)13-12-8-6-7-10(3)9-12/h6-9,11,13H,1,4-5H2,2-3H3. The number of aryl methyl sites for hydroxylation is 1. The number of nitrogens with one attached hydrogen (secondary N) is 1. The molecule has 0 fully saturated rings. The largest absolute Gasteiger partial charge is 0.382 e. The van der Waals surface area contributed by atoms with Gasteiger partial charge in [0.25, 0.3) is 0 Å². The van der Waals surface area contributed by atoms with E-state index in [-0.39, 0.29) is 0 Å². The predicted octanol–water partition coefficient (Wildman–Crippen LogP) is 3.41. The van der Waals surface area contributed by atoms with Crippen molar-refractivity contribution in [1.29, 1.82) is 0 Å². The second kappa shape index (κ2) is 4.90. The highest BCUT2D eigenvalue weighted by molar-refractivity contribution is 5.46. The smallest absolute Gasteiger partial charge is 0.0344 e. The second-order valence-corrected chi connectivity index (χ2v) is 3.41. The van der Waals surface area contributed by atoms with Gasteiger partial charge in [0.05, 0.1) is 0 Å². The van der Waals surface area contributed by atoms with E-state index in [4.69, 9.17) is 0 Å². The Morgan fingerprint density at radius 3 is 2.77 bits per heavy atom. The maximum absolute atomic E-state index is 3.91. The fourth-order valence-electron chi connectivity index (χ4n) is 1.35. The lowest BCUT2D eigenvalue weighted by molar-refractivity contribution is 0.703. The molecule has 1 heteroatoms. The van der Waals surface area contributed by atoms with E-state index in [2.05, 4.69) is 50.4 Å². The molecule has 0 aliphatic rings. The van der Waals surface area contributed by atoms with Gasteiger partial charge < -0.3 is 5.32 Å². The molecule has 13 heavy (non-hydrogen) atoms. The first-order valence-corrected chi connectivity index (χ1v) is 4.88. The average Bonchev–Trinajstić information content (AvgIpc) is 2.14. The minimum Gasteiger partial charge on any atom is -0.382 e. The summed E-state index contributed by atoms with van der Waals surface area (Å²) in [5, 5.41) is 3.46. The van der Waals surface area contributed by atoms with Crippen molar-refractivity contribution in [3.05, 3.63) is 36.8 Å². The minimum absolute atomic E-state index is 0.502. The molecule has 0 aliphatic heterocycles. The molecule has 0 aromatic heterocycles. The van der Waals surface area contributed by atoms with Crippen LogP contribution in [0, 0.1) is 13.8 Å². The maximum Gasteiger partial charge on any atom is 0.0344 e. The summed E-state index contributed by atoms with van der Waals surface area (Å²) in [5.74, 6) is 0. The van der Waals surface area contributed by atoms with Crippen molar-refractivity contribution < 1.29 is 0 Å². The molecule has 1 aromatic carbocycles. The third-order valence-electron chi connectivity index (χ3n) is 2.23. The first-order chi connectivity index (χ1) is 6.26. The van der Waals surface area contributed by atoms with E-state index in [1.54, 1.807) is 0 Å². The van der Waals surface area contributed by atoms with Gasteiger partial charge in [-0.3, -0.25) is 0 Å². The van der Waals surface area contributed by atoms with Crippen molar-refractivity contribution >= 4 is 5.69 Å². The van der Waals surface area contributed by atoms with Crippen LogP contribution in [0.2, 0.25) is 0 Å². The second-order valence-electron chi connectivity index (χ2n) is 3.41. The van der Waals surface area contributed by atoms with E-state index in [1.165, 1.54) is 11.3 Å². The monoisotopic (exact) mass is 176 g/mol. The number of benzene rings is 1. The molecule has 1 rings (SSSR count). The van der Waals surface area contributed by atoms with Crippen LogP contribution in [0.3, 0.4) is 0 Å². The molecule has 0 saturated heterocycles. The summed E-state index contributed by atoms with van der Waals surface area (Å²) >= 11 is 0. The molecule has 1 N–H and O–H groups in total. The van der Waals surface area contributed by atoms with Crippen molar-refractivity contribution in [3.63, 3.8) is 0 Å². The Labute approximate surface area is 81.2 Å². The van der Waals surface area contributed by atoms with Gasteiger partial charge in [0, 0.05) is 11.7 Å². The molecular formula is C12H18N. The Kier molecular flexibility index (Phi) is 3.81. The van der Waals surface area contributed by atoms with Gasteiger partial charge in [-0.15, -0.1) is 0 Å². The first kappa shape index (κ1) is 10.1. The van der Waals surface area contributed by atoms with Gasteiger partial charge in [-0.25, -0.2) is 0 Å². The Bertz CT molecular complexity index is 251. The highest BCUT2D eigenvalue weighted by Crippen LogP contribution is 2.12. The Balaban J connectivity index is 2.62. The molecule has 1 radical (unpaired) electrons. The van der Waals surface area contributed by atoms with Gasteiger partial charge >= 0.3 is 0 Å². The van der Waals surface area contributed by atoms with Crippen molar-refractivity contribution in [1.82, 2.24) is 0 Å². The van der Waals surface area contributed by atoms with Crippen LogP contribution in [0.4, 0.5) is 5.69 Å². The zero-order valence-electron chi connectivity index (χ0n) is 8.51. The number of hydrogen-bond acceptors (Lipinski definition) is 1. The lowest BCUT2D eigenvalue weighted by atomic mass is 10.1. The van der Waals surface area contributed by atoms with Crippen LogP contribution in [-0.4, -0.2) is 6.04 Å². The summed E-state index contributed by atoms with van der Waals surface area (Å²) in [7, 11) is 0. The summed E-state index contributed by atoms with van der Waals surface area (Å²) < 4.78 is 0. The normalized spacial score (nSPS) is 10.5. The topological polar surface area (TPSA) is 12.0 Å². The zero-order valence-corrected chi connectivity index (χ0v) is 8.51. The number of hydrogen-bond donors (Lipinski definition) is 1. The van der Waals surface area contributed by atoms with Gasteiger partial charge in [-0.05, 0) is 37.5 Å². The van der Waals surface area contributed by atoms with Gasteiger partial charge in [0.1, 0.15) is 0 Å². The average molecular weight is 176 g/mol. The van der Waals surface area contributed by atoms with Crippen LogP contribution < -0.4 is 5.32 Å². The SMILES string of the molecule is [CH2]CC(CC)Nc1cccc(C)c1. The number of rotatable bonds is 4. The summed E-state index contributed by atoms with van der Waals surface area (Å²) in [4.78, 5) is 0. The Hall–Kier alpha value is -0.980.